The molecule has 5 heteroatoms. The number of carbonyl (C=O) groups is 1. The molecule has 4 rings (SSSR count). The van der Waals surface area contributed by atoms with Gasteiger partial charge in [0.15, 0.2) is 0 Å². The standard InChI is InChI=1S/C28H48O5/c1-16(2)7-6-8-17(3)19-9-10-20-24-21(13-23(31)27(19,20)5)26(4)12-11-18(29)14-28(26,25(32)33)15-22(24)30/h16-24,29-31H,6-15H2,1-5H3,(H,32,33)/p-1/t17-,18-,19-,20+,21+,22-,23+,24+,26-,27-,28+/m1/s1. The molecule has 0 unspecified atom stereocenters. The summed E-state index contributed by atoms with van der Waals surface area (Å²) in [5, 5.41) is 46.1. The number of fused-ring (bicyclic) bond motifs is 5. The Labute approximate surface area is 200 Å². The zero-order valence-corrected chi connectivity index (χ0v) is 21.4. The largest absolute Gasteiger partial charge is 0.550 e. The second-order valence-corrected chi connectivity index (χ2v) is 13.3. The minimum absolute atomic E-state index is 0.0129. The van der Waals surface area contributed by atoms with E-state index in [0.717, 1.165) is 12.8 Å². The first kappa shape index (κ1) is 25.4. The molecule has 0 amide bonds. The molecular weight excluding hydrogens is 416 g/mol. The van der Waals surface area contributed by atoms with Crippen molar-refractivity contribution in [1.29, 1.82) is 0 Å². The Kier molecular flexibility index (Phi) is 6.77. The Hall–Kier alpha value is -0.650. The fourth-order valence-corrected chi connectivity index (χ4v) is 9.65. The quantitative estimate of drug-likeness (QED) is 0.559. The summed E-state index contributed by atoms with van der Waals surface area (Å²) in [7, 11) is 0. The van der Waals surface area contributed by atoms with Gasteiger partial charge in [0.25, 0.3) is 0 Å². The van der Waals surface area contributed by atoms with Crippen molar-refractivity contribution in [2.45, 2.75) is 117 Å². The highest BCUT2D eigenvalue weighted by atomic mass is 16.4. The number of carbonyl (C=O) groups excluding carboxylic acids is 1. The van der Waals surface area contributed by atoms with Crippen LogP contribution >= 0.6 is 0 Å². The molecule has 0 aromatic rings. The molecule has 0 saturated heterocycles. The SMILES string of the molecule is CC(C)CCC[C@@H](C)[C@H]1CC[C@H]2[C@@H]3[C@H](O)C[C@]4(C(=O)[O-])C[C@H](O)CC[C@]4(C)[C@H]3C[C@H](O)[C@]12C. The lowest BCUT2D eigenvalue weighted by Gasteiger charge is -2.68. The molecule has 190 valence electrons. The van der Waals surface area contributed by atoms with Crippen molar-refractivity contribution >= 4 is 5.97 Å². The molecule has 4 aliphatic rings. The number of hydrogen-bond donors (Lipinski definition) is 3. The van der Waals surface area contributed by atoms with E-state index in [-0.39, 0.29) is 36.0 Å². The summed E-state index contributed by atoms with van der Waals surface area (Å²) in [5.41, 5.74) is -2.02. The molecule has 4 fully saturated rings. The van der Waals surface area contributed by atoms with E-state index in [1.165, 1.54) is 19.3 Å². The second-order valence-electron chi connectivity index (χ2n) is 13.3. The molecule has 0 aromatic carbocycles. The molecule has 0 aromatic heterocycles. The summed E-state index contributed by atoms with van der Waals surface area (Å²) in [4.78, 5) is 12.5. The van der Waals surface area contributed by atoms with Crippen LogP contribution < -0.4 is 5.11 Å². The molecule has 0 aliphatic heterocycles. The van der Waals surface area contributed by atoms with Crippen LogP contribution in [0, 0.1) is 51.8 Å². The predicted octanol–water partition coefficient (Wildman–Crippen LogP) is 3.53. The lowest BCUT2D eigenvalue weighted by atomic mass is 9.38. The number of rotatable bonds is 6. The Morgan fingerprint density at radius 1 is 1.00 bits per heavy atom. The molecule has 0 spiro atoms. The molecule has 0 heterocycles. The van der Waals surface area contributed by atoms with Crippen LogP contribution in [0.3, 0.4) is 0 Å². The van der Waals surface area contributed by atoms with Gasteiger partial charge in [0, 0.05) is 11.4 Å². The van der Waals surface area contributed by atoms with Crippen LogP contribution in [0.1, 0.15) is 98.8 Å². The van der Waals surface area contributed by atoms with E-state index in [4.69, 9.17) is 0 Å². The minimum atomic E-state index is -1.22. The highest BCUT2D eigenvalue weighted by Gasteiger charge is 2.69. The van der Waals surface area contributed by atoms with Gasteiger partial charge in [-0.05, 0) is 91.3 Å². The third-order valence-electron chi connectivity index (χ3n) is 11.5. The first-order valence-electron chi connectivity index (χ1n) is 13.6. The second kappa shape index (κ2) is 8.78. The first-order valence-corrected chi connectivity index (χ1v) is 13.6. The molecule has 33 heavy (non-hydrogen) atoms. The van der Waals surface area contributed by atoms with Crippen LogP contribution in [0.5, 0.6) is 0 Å². The molecule has 4 saturated carbocycles. The van der Waals surface area contributed by atoms with Crippen molar-refractivity contribution in [3.05, 3.63) is 0 Å². The third kappa shape index (κ3) is 3.71. The maximum Gasteiger partial charge on any atom is 0.0602 e. The van der Waals surface area contributed by atoms with Crippen molar-refractivity contribution in [2.24, 2.45) is 51.8 Å². The average molecular weight is 464 g/mol. The molecule has 0 bridgehead atoms. The number of aliphatic hydroxyl groups excluding tert-OH is 3. The highest BCUT2D eigenvalue weighted by Crippen LogP contribution is 2.71. The summed E-state index contributed by atoms with van der Waals surface area (Å²) in [6, 6.07) is 0. The zero-order valence-electron chi connectivity index (χ0n) is 21.4. The maximum atomic E-state index is 12.5. The number of aliphatic carboxylic acids is 1. The average Bonchev–Trinajstić information content (AvgIpc) is 3.08. The van der Waals surface area contributed by atoms with Crippen molar-refractivity contribution < 1.29 is 25.2 Å². The lowest BCUT2D eigenvalue weighted by molar-refractivity contribution is -0.343. The van der Waals surface area contributed by atoms with Gasteiger partial charge in [-0.2, -0.15) is 0 Å². The Balaban J connectivity index is 1.63. The van der Waals surface area contributed by atoms with Crippen LogP contribution in [-0.2, 0) is 4.79 Å². The van der Waals surface area contributed by atoms with Crippen LogP contribution in [-0.4, -0.2) is 39.6 Å². The monoisotopic (exact) mass is 463 g/mol. The number of hydrogen-bond acceptors (Lipinski definition) is 5. The van der Waals surface area contributed by atoms with Crippen molar-refractivity contribution in [2.75, 3.05) is 0 Å². The number of aliphatic hydroxyl groups is 3. The van der Waals surface area contributed by atoms with Gasteiger partial charge in [0.1, 0.15) is 0 Å². The van der Waals surface area contributed by atoms with Crippen LogP contribution in [0.25, 0.3) is 0 Å². The normalized spacial score (nSPS) is 50.4. The topological polar surface area (TPSA) is 101 Å². The Bertz CT molecular complexity index is 738. The van der Waals surface area contributed by atoms with Gasteiger partial charge in [-0.3, -0.25) is 0 Å². The van der Waals surface area contributed by atoms with Crippen molar-refractivity contribution in [3.63, 3.8) is 0 Å². The molecule has 11 atom stereocenters. The van der Waals surface area contributed by atoms with E-state index in [0.29, 0.717) is 37.0 Å². The van der Waals surface area contributed by atoms with E-state index in [1.807, 2.05) is 0 Å². The van der Waals surface area contributed by atoms with Gasteiger partial charge < -0.3 is 25.2 Å². The fraction of sp³-hybridized carbons (Fsp3) is 0.964. The number of carboxylic acids is 1. The van der Waals surface area contributed by atoms with Crippen molar-refractivity contribution in [3.8, 4) is 0 Å². The third-order valence-corrected chi connectivity index (χ3v) is 11.5. The highest BCUT2D eigenvalue weighted by molar-refractivity contribution is 5.74. The van der Waals surface area contributed by atoms with Gasteiger partial charge in [0.2, 0.25) is 0 Å². The van der Waals surface area contributed by atoms with Crippen molar-refractivity contribution in [1.82, 2.24) is 0 Å². The van der Waals surface area contributed by atoms with E-state index in [2.05, 4.69) is 34.6 Å². The van der Waals surface area contributed by atoms with Gasteiger partial charge in [-0.1, -0.05) is 53.9 Å². The summed E-state index contributed by atoms with van der Waals surface area (Å²) in [6.45, 7) is 11.2. The molecule has 3 N–H and O–H groups in total. The Morgan fingerprint density at radius 3 is 2.33 bits per heavy atom. The predicted molar refractivity (Wildman–Crippen MR) is 126 cm³/mol. The molecule has 4 aliphatic carbocycles. The van der Waals surface area contributed by atoms with Crippen LogP contribution in [0.15, 0.2) is 0 Å². The minimum Gasteiger partial charge on any atom is -0.550 e. The molecule has 5 nitrogen and oxygen atoms in total. The number of carboxylic acid groups (broad SMARTS) is 1. The van der Waals surface area contributed by atoms with E-state index < -0.39 is 35.1 Å². The lowest BCUT2D eigenvalue weighted by Crippen LogP contribution is -2.69. The van der Waals surface area contributed by atoms with Crippen LogP contribution in [0.4, 0.5) is 0 Å². The van der Waals surface area contributed by atoms with E-state index in [1.54, 1.807) is 0 Å². The Morgan fingerprint density at radius 2 is 1.70 bits per heavy atom. The molecular formula is C28H47O5-. The van der Waals surface area contributed by atoms with Crippen LogP contribution in [0.2, 0.25) is 0 Å². The van der Waals surface area contributed by atoms with E-state index >= 15 is 0 Å². The summed E-state index contributed by atoms with van der Waals surface area (Å²) in [5.74, 6) is 0.712. The van der Waals surface area contributed by atoms with Gasteiger partial charge in [-0.25, -0.2) is 0 Å². The maximum absolute atomic E-state index is 12.5. The van der Waals surface area contributed by atoms with Gasteiger partial charge in [0.05, 0.1) is 18.3 Å². The summed E-state index contributed by atoms with van der Waals surface area (Å²) in [6.07, 6.45) is 5.90. The van der Waals surface area contributed by atoms with Gasteiger partial charge in [-0.15, -0.1) is 0 Å². The smallest absolute Gasteiger partial charge is 0.0602 e. The summed E-state index contributed by atoms with van der Waals surface area (Å²) < 4.78 is 0. The fourth-order valence-electron chi connectivity index (χ4n) is 9.65. The molecule has 0 radical (unpaired) electrons. The zero-order chi connectivity index (χ0) is 24.3. The van der Waals surface area contributed by atoms with Gasteiger partial charge >= 0.3 is 0 Å². The van der Waals surface area contributed by atoms with E-state index in [9.17, 15) is 25.2 Å². The summed E-state index contributed by atoms with van der Waals surface area (Å²) >= 11 is 0. The first-order chi connectivity index (χ1) is 15.4.